The fourth-order valence-electron chi connectivity index (χ4n) is 2.69. The van der Waals surface area contributed by atoms with Gasteiger partial charge >= 0.3 is 0 Å². The van der Waals surface area contributed by atoms with Crippen molar-refractivity contribution in [3.63, 3.8) is 0 Å². The number of H-pyrrole nitrogens is 1. The quantitative estimate of drug-likeness (QED) is 0.354. The molecule has 31 heavy (non-hydrogen) atoms. The SMILES string of the molecule is C#CC(=O)Nc1cccc(-c2cc(NC(=O)c3cc4ncc(C(N)=O)nc4s3)n[nH]2)c1. The van der Waals surface area contributed by atoms with E-state index in [-0.39, 0.29) is 5.69 Å². The second-order valence-corrected chi connectivity index (χ2v) is 7.25. The summed E-state index contributed by atoms with van der Waals surface area (Å²) in [5.74, 6) is 0.635. The molecule has 0 aliphatic carbocycles. The Morgan fingerprint density at radius 3 is 2.77 bits per heavy atom. The van der Waals surface area contributed by atoms with Gasteiger partial charge in [-0.1, -0.05) is 12.1 Å². The number of terminal acetylenes is 1. The molecule has 4 aromatic rings. The molecule has 3 aromatic heterocycles. The van der Waals surface area contributed by atoms with E-state index in [2.05, 4.69) is 30.8 Å². The standard InChI is InChI=1S/C20H13N7O3S/c1-2-17(28)23-11-5-3-4-10(6-11)12-8-16(27-26-12)25-19(30)15-7-13-20(31-15)24-14(9-22-13)18(21)29/h1,3-9H,(H2,21,29)(H,23,28)(H2,25,26,27,30). The minimum Gasteiger partial charge on any atom is -0.364 e. The molecular weight excluding hydrogens is 418 g/mol. The smallest absolute Gasteiger partial charge is 0.300 e. The molecule has 1 aromatic carbocycles. The van der Waals surface area contributed by atoms with Gasteiger partial charge in [0.2, 0.25) is 0 Å². The van der Waals surface area contributed by atoms with Crippen LogP contribution in [0.3, 0.4) is 0 Å². The fourth-order valence-corrected chi connectivity index (χ4v) is 3.57. The average Bonchev–Trinajstić information content (AvgIpc) is 3.40. The van der Waals surface area contributed by atoms with Crippen molar-refractivity contribution < 1.29 is 14.4 Å². The van der Waals surface area contributed by atoms with E-state index >= 15 is 0 Å². The highest BCUT2D eigenvalue weighted by molar-refractivity contribution is 7.20. The summed E-state index contributed by atoms with van der Waals surface area (Å²) in [6, 6.07) is 10.2. The molecule has 3 amide bonds. The van der Waals surface area contributed by atoms with Crippen molar-refractivity contribution in [1.29, 1.82) is 0 Å². The number of thiophene rings is 1. The van der Waals surface area contributed by atoms with Crippen molar-refractivity contribution in [2.45, 2.75) is 0 Å². The molecule has 3 heterocycles. The molecule has 5 N–H and O–H groups in total. The number of nitrogens with two attached hydrogens (primary N) is 1. The number of rotatable bonds is 5. The van der Waals surface area contributed by atoms with Gasteiger partial charge in [0.15, 0.2) is 5.82 Å². The third-order valence-corrected chi connectivity index (χ3v) is 5.12. The molecule has 0 spiro atoms. The number of aromatic amines is 1. The maximum Gasteiger partial charge on any atom is 0.300 e. The Hall–Kier alpha value is -4.56. The van der Waals surface area contributed by atoms with Gasteiger partial charge in [-0.15, -0.1) is 17.8 Å². The predicted octanol–water partition coefficient (Wildman–Crippen LogP) is 2.00. The van der Waals surface area contributed by atoms with Crippen molar-refractivity contribution in [3.8, 4) is 23.6 Å². The van der Waals surface area contributed by atoms with Crippen LogP contribution in [-0.4, -0.2) is 37.9 Å². The summed E-state index contributed by atoms with van der Waals surface area (Å²) in [4.78, 5) is 44.2. The predicted molar refractivity (Wildman–Crippen MR) is 115 cm³/mol. The minimum absolute atomic E-state index is 0.0268. The summed E-state index contributed by atoms with van der Waals surface area (Å²) in [7, 11) is 0. The molecule has 0 unspecified atom stereocenters. The van der Waals surface area contributed by atoms with Crippen molar-refractivity contribution in [2.75, 3.05) is 10.6 Å². The maximum absolute atomic E-state index is 12.6. The Balaban J connectivity index is 1.51. The summed E-state index contributed by atoms with van der Waals surface area (Å²) in [6.45, 7) is 0. The number of hydrogen-bond donors (Lipinski definition) is 4. The van der Waals surface area contributed by atoms with E-state index in [0.717, 1.165) is 16.9 Å². The van der Waals surface area contributed by atoms with Gasteiger partial charge in [-0.05, 0) is 24.1 Å². The second kappa shape index (κ2) is 8.05. The molecule has 0 radical (unpaired) electrons. The third kappa shape index (κ3) is 4.24. The van der Waals surface area contributed by atoms with Gasteiger partial charge in [-0.2, -0.15) is 5.10 Å². The number of primary amides is 1. The van der Waals surface area contributed by atoms with Crippen LogP contribution in [-0.2, 0) is 4.79 Å². The Bertz CT molecular complexity index is 1380. The summed E-state index contributed by atoms with van der Waals surface area (Å²) in [5, 5.41) is 12.2. The summed E-state index contributed by atoms with van der Waals surface area (Å²) < 4.78 is 0. The number of aromatic nitrogens is 4. The number of hydrogen-bond acceptors (Lipinski definition) is 7. The molecule has 4 rings (SSSR count). The zero-order valence-corrected chi connectivity index (χ0v) is 16.5. The van der Waals surface area contributed by atoms with E-state index in [1.807, 2.05) is 12.0 Å². The lowest BCUT2D eigenvalue weighted by atomic mass is 10.1. The van der Waals surface area contributed by atoms with Crippen LogP contribution in [0, 0.1) is 12.3 Å². The lowest BCUT2D eigenvalue weighted by Crippen LogP contribution is -2.12. The van der Waals surface area contributed by atoms with Crippen molar-refractivity contribution in [3.05, 3.63) is 53.2 Å². The average molecular weight is 431 g/mol. The van der Waals surface area contributed by atoms with Gasteiger partial charge in [0.25, 0.3) is 17.7 Å². The number of nitrogens with zero attached hydrogens (tertiary/aromatic N) is 3. The normalized spacial score (nSPS) is 10.4. The van der Waals surface area contributed by atoms with E-state index in [1.54, 1.807) is 30.3 Å². The Kier molecular flexibility index (Phi) is 5.13. The molecule has 152 valence electrons. The number of benzene rings is 1. The van der Waals surface area contributed by atoms with E-state index in [4.69, 9.17) is 12.2 Å². The molecule has 11 heteroatoms. The summed E-state index contributed by atoms with van der Waals surface area (Å²) >= 11 is 1.08. The summed E-state index contributed by atoms with van der Waals surface area (Å²) in [6.07, 6.45) is 6.33. The van der Waals surface area contributed by atoms with Gasteiger partial charge in [-0.3, -0.25) is 24.5 Å². The van der Waals surface area contributed by atoms with Crippen LogP contribution in [0.5, 0.6) is 0 Å². The molecule has 0 aliphatic heterocycles. The topological polar surface area (TPSA) is 156 Å². The highest BCUT2D eigenvalue weighted by Crippen LogP contribution is 2.25. The van der Waals surface area contributed by atoms with E-state index < -0.39 is 17.7 Å². The number of carbonyl (C=O) groups excluding carboxylic acids is 3. The fraction of sp³-hybridized carbons (Fsp3) is 0. The van der Waals surface area contributed by atoms with E-state index in [0.29, 0.717) is 32.4 Å². The third-order valence-electron chi connectivity index (χ3n) is 4.10. The molecule has 0 saturated carbocycles. The molecular formula is C20H13N7O3S. The number of carbonyl (C=O) groups is 3. The lowest BCUT2D eigenvalue weighted by molar-refractivity contribution is -0.111. The number of amides is 3. The molecule has 0 bridgehead atoms. The van der Waals surface area contributed by atoms with Crippen LogP contribution in [0.2, 0.25) is 0 Å². The zero-order chi connectivity index (χ0) is 22.0. The number of anilines is 2. The number of nitrogens with one attached hydrogen (secondary N) is 3. The monoisotopic (exact) mass is 431 g/mol. The number of fused-ring (bicyclic) bond motifs is 1. The first kappa shape index (κ1) is 19.7. The largest absolute Gasteiger partial charge is 0.364 e. The first-order valence-corrected chi connectivity index (χ1v) is 9.56. The van der Waals surface area contributed by atoms with Crippen LogP contribution >= 0.6 is 11.3 Å². The maximum atomic E-state index is 12.6. The van der Waals surface area contributed by atoms with Crippen molar-refractivity contribution in [1.82, 2.24) is 20.2 Å². The Labute approximate surface area is 178 Å². The van der Waals surface area contributed by atoms with Crippen LogP contribution in [0.15, 0.2) is 42.6 Å². The molecule has 0 aliphatic rings. The van der Waals surface area contributed by atoms with Crippen molar-refractivity contribution in [2.24, 2.45) is 5.73 Å². The second-order valence-electron chi connectivity index (χ2n) is 6.22. The lowest BCUT2D eigenvalue weighted by Gasteiger charge is -2.03. The molecule has 0 atom stereocenters. The van der Waals surface area contributed by atoms with E-state index in [9.17, 15) is 14.4 Å². The van der Waals surface area contributed by atoms with Gasteiger partial charge in [0.05, 0.1) is 16.8 Å². The van der Waals surface area contributed by atoms with Crippen LogP contribution in [0.25, 0.3) is 21.6 Å². The first-order chi connectivity index (χ1) is 14.9. The van der Waals surface area contributed by atoms with Gasteiger partial charge in [0, 0.05) is 17.3 Å². The highest BCUT2D eigenvalue weighted by Gasteiger charge is 2.15. The van der Waals surface area contributed by atoms with E-state index in [1.165, 1.54) is 6.20 Å². The van der Waals surface area contributed by atoms with Gasteiger partial charge in [-0.25, -0.2) is 4.98 Å². The van der Waals surface area contributed by atoms with Gasteiger partial charge in [0.1, 0.15) is 16.0 Å². The van der Waals surface area contributed by atoms with Crippen molar-refractivity contribution >= 4 is 50.9 Å². The molecule has 10 nitrogen and oxygen atoms in total. The Morgan fingerprint density at radius 1 is 1.16 bits per heavy atom. The highest BCUT2D eigenvalue weighted by atomic mass is 32.1. The van der Waals surface area contributed by atoms with Crippen LogP contribution in [0.4, 0.5) is 11.5 Å². The molecule has 0 fully saturated rings. The molecule has 0 saturated heterocycles. The Morgan fingerprint density at radius 2 is 2.00 bits per heavy atom. The van der Waals surface area contributed by atoms with Gasteiger partial charge < -0.3 is 16.4 Å². The zero-order valence-electron chi connectivity index (χ0n) is 15.7. The summed E-state index contributed by atoms with van der Waals surface area (Å²) in [5.41, 5.74) is 7.60. The van der Waals surface area contributed by atoms with Crippen LogP contribution in [0.1, 0.15) is 20.2 Å². The first-order valence-electron chi connectivity index (χ1n) is 8.74. The van der Waals surface area contributed by atoms with Crippen LogP contribution < -0.4 is 16.4 Å². The minimum atomic E-state index is -0.694.